The number of benzene rings is 5. The molecule has 0 spiro atoms. The molecular formula is C46H25N5O2Pd2S. The van der Waals surface area contributed by atoms with Gasteiger partial charge in [-0.3, -0.25) is 0 Å². The van der Waals surface area contributed by atoms with Crippen LogP contribution >= 0.6 is 11.3 Å². The first kappa shape index (κ1) is 37.1. The molecule has 56 heavy (non-hydrogen) atoms. The third-order valence-corrected chi connectivity index (χ3v) is 10.1. The summed E-state index contributed by atoms with van der Waals surface area (Å²) in [7, 11) is 0. The average molecular weight is 925 g/mol. The Bertz CT molecular complexity index is 2780. The topological polar surface area (TPSA) is 75.0 Å². The van der Waals surface area contributed by atoms with Crippen molar-refractivity contribution in [1.82, 2.24) is 24.5 Å². The summed E-state index contributed by atoms with van der Waals surface area (Å²) in [6.45, 7) is 0. The van der Waals surface area contributed by atoms with E-state index in [1.54, 1.807) is 23.7 Å². The fraction of sp³-hybridized carbons (Fsp3) is 0. The van der Waals surface area contributed by atoms with Gasteiger partial charge < -0.3 is 24.0 Å². The maximum Gasteiger partial charge on any atom is 2.00 e. The van der Waals surface area contributed by atoms with Crippen molar-refractivity contribution in [3.8, 4) is 61.9 Å². The van der Waals surface area contributed by atoms with E-state index in [-0.39, 0.29) is 40.8 Å². The number of hydrogen-bond donors (Lipinski definition) is 0. The van der Waals surface area contributed by atoms with E-state index in [1.807, 2.05) is 120 Å². The van der Waals surface area contributed by atoms with Crippen LogP contribution in [0.15, 0.2) is 152 Å². The normalized spacial score (nSPS) is 10.9. The van der Waals surface area contributed by atoms with Crippen LogP contribution in [0.2, 0.25) is 0 Å². The molecule has 10 aromatic rings. The largest absolute Gasteiger partial charge is 2.00 e. The number of aromatic nitrogens is 5. The fourth-order valence-electron chi connectivity index (χ4n) is 6.43. The summed E-state index contributed by atoms with van der Waals surface area (Å²) in [5.41, 5.74) is 5.70. The minimum atomic E-state index is 0. The minimum Gasteiger partial charge on any atom is -0.503 e. The van der Waals surface area contributed by atoms with Crippen molar-refractivity contribution in [3.63, 3.8) is 0 Å². The SMILES string of the molecule is [Pd+2].[Pd+2].[c-]1c(Oc2[c-]c3c(cc2)c2ccc(Oc4[c-]c(-c5ccccn5)ccc4)[c-]c2n3-c2ncc(-c3cc4ccccc4s3)cn2)cccc1-c1ccccn1. The maximum atomic E-state index is 6.36. The molecule has 0 atom stereocenters. The summed E-state index contributed by atoms with van der Waals surface area (Å²) in [5, 5.41) is 3.07. The van der Waals surface area contributed by atoms with Crippen LogP contribution in [0.25, 0.3) is 70.8 Å². The van der Waals surface area contributed by atoms with Crippen molar-refractivity contribution in [1.29, 1.82) is 0 Å². The second kappa shape index (κ2) is 16.1. The summed E-state index contributed by atoms with van der Waals surface area (Å²) < 4.78 is 15.9. The number of thiophene rings is 1. The third kappa shape index (κ3) is 7.30. The quantitative estimate of drug-likeness (QED) is 0.112. The van der Waals surface area contributed by atoms with E-state index >= 15 is 0 Å². The van der Waals surface area contributed by atoms with Crippen LogP contribution in [0, 0.1) is 24.3 Å². The monoisotopic (exact) mass is 923 g/mol. The first-order chi connectivity index (χ1) is 26.7. The maximum absolute atomic E-state index is 6.36. The molecule has 10 heteroatoms. The molecule has 0 unspecified atom stereocenters. The van der Waals surface area contributed by atoms with Crippen LogP contribution in [0.3, 0.4) is 0 Å². The molecule has 0 saturated heterocycles. The smallest absolute Gasteiger partial charge is 0.503 e. The van der Waals surface area contributed by atoms with Gasteiger partial charge in [0.2, 0.25) is 5.95 Å². The molecule has 10 rings (SSSR count). The van der Waals surface area contributed by atoms with Crippen LogP contribution in [0.5, 0.6) is 23.0 Å². The number of nitrogens with zero attached hydrogens (tertiary/aromatic N) is 5. The molecule has 272 valence electrons. The first-order valence-corrected chi connectivity index (χ1v) is 18.0. The third-order valence-electron chi connectivity index (χ3n) is 8.94. The molecule has 0 aliphatic carbocycles. The molecule has 0 fully saturated rings. The zero-order chi connectivity index (χ0) is 35.8. The standard InChI is InChI=1S/C46H25N5O2S.2Pd/c1-2-16-44-32(9-1)25-45(54-44)33-28-49-46(50-29-33)51-42-26-36(52-34-12-7-10-30(23-34)40-14-3-5-21-47-40)17-19-38(42)39-20-18-37(27-43(39)51)53-35-13-8-11-31(24-35)41-15-4-6-22-48-41;;/h1-22,25,28-29H;;/q-4;2*+2. The summed E-state index contributed by atoms with van der Waals surface area (Å²) in [4.78, 5) is 19.8. The van der Waals surface area contributed by atoms with Gasteiger partial charge in [-0.1, -0.05) is 65.6 Å². The zero-order valence-corrected chi connectivity index (χ0v) is 33.0. The van der Waals surface area contributed by atoms with E-state index in [0.29, 0.717) is 28.9 Å². The van der Waals surface area contributed by atoms with Crippen molar-refractivity contribution in [2.45, 2.75) is 0 Å². The van der Waals surface area contributed by atoms with Gasteiger partial charge in [-0.2, -0.15) is 22.9 Å². The van der Waals surface area contributed by atoms with Crippen molar-refractivity contribution in [2.75, 3.05) is 0 Å². The van der Waals surface area contributed by atoms with Gasteiger partial charge in [0, 0.05) is 62.9 Å². The molecular weight excluding hydrogens is 899 g/mol. The van der Waals surface area contributed by atoms with E-state index < -0.39 is 0 Å². The Balaban J connectivity index is 0.00000220. The summed E-state index contributed by atoms with van der Waals surface area (Å²) in [6.07, 6.45) is 7.25. The van der Waals surface area contributed by atoms with Crippen molar-refractivity contribution < 1.29 is 50.3 Å². The molecule has 5 aromatic carbocycles. The number of fused-ring (bicyclic) bond motifs is 4. The van der Waals surface area contributed by atoms with Gasteiger partial charge in [0.15, 0.2) is 0 Å². The van der Waals surface area contributed by atoms with E-state index in [2.05, 4.69) is 58.5 Å². The minimum absolute atomic E-state index is 0. The Labute approximate surface area is 354 Å². The second-order valence-electron chi connectivity index (χ2n) is 12.4. The Hall–Kier alpha value is -5.84. The molecule has 0 bridgehead atoms. The fourth-order valence-corrected chi connectivity index (χ4v) is 7.47. The molecule has 0 saturated carbocycles. The Morgan fingerprint density at radius 2 is 1.04 bits per heavy atom. The number of hydrogen-bond acceptors (Lipinski definition) is 7. The first-order valence-electron chi connectivity index (χ1n) is 17.2. The van der Waals surface area contributed by atoms with E-state index in [0.717, 1.165) is 54.8 Å². The van der Waals surface area contributed by atoms with Crippen molar-refractivity contribution in [2.24, 2.45) is 0 Å². The molecule has 5 heterocycles. The average Bonchev–Trinajstić information content (AvgIpc) is 3.81. The van der Waals surface area contributed by atoms with Gasteiger partial charge in [0.05, 0.1) is 0 Å². The summed E-state index contributed by atoms with van der Waals surface area (Å²) >= 11 is 1.72. The molecule has 0 N–H and O–H groups in total. The van der Waals surface area contributed by atoms with E-state index in [4.69, 9.17) is 19.4 Å². The van der Waals surface area contributed by atoms with Crippen molar-refractivity contribution in [3.05, 3.63) is 176 Å². The Kier molecular flexibility index (Phi) is 10.7. The molecule has 0 radical (unpaired) electrons. The van der Waals surface area contributed by atoms with Crippen molar-refractivity contribution >= 4 is 43.2 Å². The zero-order valence-electron chi connectivity index (χ0n) is 29.0. The molecule has 7 nitrogen and oxygen atoms in total. The van der Waals surface area contributed by atoms with E-state index in [9.17, 15) is 0 Å². The molecule has 0 amide bonds. The number of rotatable bonds is 8. The van der Waals surface area contributed by atoms with E-state index in [1.165, 1.54) is 10.1 Å². The van der Waals surface area contributed by atoms with Gasteiger partial charge in [-0.15, -0.1) is 83.1 Å². The molecule has 0 aliphatic heterocycles. The van der Waals surface area contributed by atoms with Crippen LogP contribution in [-0.2, 0) is 40.8 Å². The molecule has 5 aromatic heterocycles. The predicted molar refractivity (Wildman–Crippen MR) is 212 cm³/mol. The number of pyridine rings is 2. The van der Waals surface area contributed by atoms with Gasteiger partial charge in [0.25, 0.3) is 0 Å². The summed E-state index contributed by atoms with van der Waals surface area (Å²) in [6, 6.07) is 55.1. The number of ether oxygens (including phenoxy) is 2. The molecule has 0 aliphatic rings. The predicted octanol–water partition coefficient (Wildman–Crippen LogP) is 11.4. The second-order valence-corrected chi connectivity index (χ2v) is 13.5. The van der Waals surface area contributed by atoms with Crippen LogP contribution in [0.4, 0.5) is 0 Å². The Morgan fingerprint density at radius 3 is 1.57 bits per heavy atom. The van der Waals surface area contributed by atoms with Gasteiger partial charge in [-0.05, 0) is 41.0 Å². The van der Waals surface area contributed by atoms with Crippen LogP contribution in [0.1, 0.15) is 0 Å². The van der Waals surface area contributed by atoms with Gasteiger partial charge in [0.1, 0.15) is 0 Å². The summed E-state index contributed by atoms with van der Waals surface area (Å²) in [5.74, 6) is 2.59. The Morgan fingerprint density at radius 1 is 0.500 bits per heavy atom. The van der Waals surface area contributed by atoms with Crippen LogP contribution < -0.4 is 9.47 Å². The van der Waals surface area contributed by atoms with Gasteiger partial charge in [-0.25, -0.2) is 9.97 Å². The van der Waals surface area contributed by atoms with Gasteiger partial charge >= 0.3 is 40.8 Å². The van der Waals surface area contributed by atoms with Crippen LogP contribution in [-0.4, -0.2) is 24.5 Å².